The summed E-state index contributed by atoms with van der Waals surface area (Å²) in [6.45, 7) is 1.74. The molecule has 2 aromatic carbocycles. The van der Waals surface area contributed by atoms with Crippen LogP contribution in [-0.4, -0.2) is 36.9 Å². The summed E-state index contributed by atoms with van der Waals surface area (Å²) in [6.07, 6.45) is 3.36. The second kappa shape index (κ2) is 9.86. The smallest absolute Gasteiger partial charge is 0.248 e. The quantitative estimate of drug-likeness (QED) is 0.554. The Morgan fingerprint density at radius 3 is 2.38 bits per heavy atom. The number of benzene rings is 2. The second-order valence-electron chi connectivity index (χ2n) is 7.96. The van der Waals surface area contributed by atoms with Crippen molar-refractivity contribution in [1.29, 1.82) is 0 Å². The van der Waals surface area contributed by atoms with Crippen molar-refractivity contribution in [2.45, 2.75) is 24.7 Å². The third-order valence-electron chi connectivity index (χ3n) is 5.71. The van der Waals surface area contributed by atoms with Crippen LogP contribution in [0.2, 0.25) is 0 Å². The number of carbonyl (C=O) groups is 1. The summed E-state index contributed by atoms with van der Waals surface area (Å²) in [7, 11) is -3.97. The van der Waals surface area contributed by atoms with E-state index in [-0.39, 0.29) is 59.4 Å². The number of para-hydroxylation sites is 1. The molecule has 34 heavy (non-hydrogen) atoms. The van der Waals surface area contributed by atoms with Crippen LogP contribution in [0.1, 0.15) is 29.9 Å². The monoisotopic (exact) mass is 487 g/mol. The van der Waals surface area contributed by atoms with Crippen LogP contribution >= 0.6 is 0 Å². The van der Waals surface area contributed by atoms with Gasteiger partial charge in [-0.2, -0.15) is 4.31 Å². The Kier molecular flexibility index (Phi) is 6.90. The fourth-order valence-electron chi connectivity index (χ4n) is 3.86. The van der Waals surface area contributed by atoms with E-state index in [9.17, 15) is 22.0 Å². The number of carbonyl (C=O) groups excluding carboxylic acids is 1. The van der Waals surface area contributed by atoms with Crippen LogP contribution in [0.4, 0.5) is 14.5 Å². The number of hydrogen-bond acceptors (Lipinski definition) is 5. The van der Waals surface area contributed by atoms with Crippen LogP contribution in [0.5, 0.6) is 0 Å². The number of hydrogen-bond donors (Lipinski definition) is 1. The van der Waals surface area contributed by atoms with Crippen molar-refractivity contribution >= 4 is 33.8 Å². The average molecular weight is 488 g/mol. The molecule has 0 atom stereocenters. The summed E-state index contributed by atoms with van der Waals surface area (Å²) < 4.78 is 60.9. The van der Waals surface area contributed by atoms with Gasteiger partial charge in [0.05, 0.1) is 5.69 Å². The average Bonchev–Trinajstić information content (AvgIpc) is 3.21. The molecule has 0 aliphatic carbocycles. The topological polar surface area (TPSA) is 92.5 Å². The minimum absolute atomic E-state index is 0.000160. The number of amides is 1. The standard InChI is InChI=1S/C24H23F2N3O4S/c1-16-23(22(33-28-16)11-10-17-6-2-3-7-19(17)25)34(31,32)29-14-12-18(13-15-29)24(30)27-21-9-5-4-8-20(21)26/h2-11,18H,12-15H2,1H3,(H,27,30)/b11-10+. The Labute approximate surface area is 196 Å². The fraction of sp³-hybridized carbons (Fsp3) is 0.250. The van der Waals surface area contributed by atoms with Crippen molar-refractivity contribution < 1.29 is 26.5 Å². The van der Waals surface area contributed by atoms with Crippen LogP contribution in [0, 0.1) is 24.5 Å². The van der Waals surface area contributed by atoms with Crippen molar-refractivity contribution in [2.75, 3.05) is 18.4 Å². The molecular formula is C24H23F2N3O4S. The molecule has 1 N–H and O–H groups in total. The fourth-order valence-corrected chi connectivity index (χ4v) is 5.58. The molecule has 0 saturated carbocycles. The first kappa shape index (κ1) is 23.8. The largest absolute Gasteiger partial charge is 0.355 e. The molecule has 1 fully saturated rings. The van der Waals surface area contributed by atoms with Crippen molar-refractivity contribution in [3.05, 3.63) is 77.2 Å². The zero-order chi connectivity index (χ0) is 24.3. The van der Waals surface area contributed by atoms with E-state index < -0.39 is 27.6 Å². The highest BCUT2D eigenvalue weighted by atomic mass is 32.2. The summed E-state index contributed by atoms with van der Waals surface area (Å²) in [5.41, 5.74) is 0.558. The number of anilines is 1. The molecule has 3 aromatic rings. The van der Waals surface area contributed by atoms with E-state index in [2.05, 4.69) is 10.5 Å². The summed E-state index contributed by atoms with van der Waals surface area (Å²) in [5, 5.41) is 6.35. The van der Waals surface area contributed by atoms with E-state index in [1.54, 1.807) is 24.3 Å². The zero-order valence-electron chi connectivity index (χ0n) is 18.4. The third kappa shape index (κ3) is 4.92. The first-order chi connectivity index (χ1) is 16.3. The molecule has 1 aromatic heterocycles. The van der Waals surface area contributed by atoms with Crippen LogP contribution in [-0.2, 0) is 14.8 Å². The normalized spacial score (nSPS) is 15.6. The minimum Gasteiger partial charge on any atom is -0.355 e. The van der Waals surface area contributed by atoms with E-state index in [1.807, 2.05) is 0 Å². The molecule has 7 nitrogen and oxygen atoms in total. The molecule has 10 heteroatoms. The minimum atomic E-state index is -3.97. The van der Waals surface area contributed by atoms with Gasteiger partial charge < -0.3 is 9.84 Å². The summed E-state index contributed by atoms with van der Waals surface area (Å²) in [5.74, 6) is -1.78. The SMILES string of the molecule is Cc1noc(/C=C/c2ccccc2F)c1S(=O)(=O)N1CCC(C(=O)Nc2ccccc2F)CC1. The van der Waals surface area contributed by atoms with E-state index in [0.29, 0.717) is 0 Å². The lowest BCUT2D eigenvalue weighted by Crippen LogP contribution is -2.41. The molecule has 1 saturated heterocycles. The Morgan fingerprint density at radius 1 is 1.06 bits per heavy atom. The Balaban J connectivity index is 1.47. The molecule has 4 rings (SSSR count). The van der Waals surface area contributed by atoms with Gasteiger partial charge in [0.2, 0.25) is 15.9 Å². The highest BCUT2D eigenvalue weighted by molar-refractivity contribution is 7.89. The van der Waals surface area contributed by atoms with Gasteiger partial charge in [0.15, 0.2) is 10.7 Å². The Bertz CT molecular complexity index is 1330. The molecule has 0 spiro atoms. The van der Waals surface area contributed by atoms with Crippen LogP contribution in [0.3, 0.4) is 0 Å². The molecule has 0 bridgehead atoms. The molecule has 2 heterocycles. The first-order valence-electron chi connectivity index (χ1n) is 10.7. The maximum Gasteiger partial charge on any atom is 0.248 e. The van der Waals surface area contributed by atoms with E-state index >= 15 is 0 Å². The lowest BCUT2D eigenvalue weighted by atomic mass is 9.97. The highest BCUT2D eigenvalue weighted by Crippen LogP contribution is 2.30. The van der Waals surface area contributed by atoms with Crippen molar-refractivity contribution in [1.82, 2.24) is 9.46 Å². The van der Waals surface area contributed by atoms with Crippen molar-refractivity contribution in [3.63, 3.8) is 0 Å². The maximum atomic E-state index is 13.9. The number of aryl methyl sites for hydroxylation is 1. The van der Waals surface area contributed by atoms with Crippen LogP contribution < -0.4 is 5.32 Å². The van der Waals surface area contributed by atoms with Gasteiger partial charge in [-0.1, -0.05) is 35.5 Å². The molecule has 0 radical (unpaired) electrons. The van der Waals surface area contributed by atoms with Gasteiger partial charge in [0.1, 0.15) is 17.3 Å². The van der Waals surface area contributed by atoms with Gasteiger partial charge in [-0.3, -0.25) is 4.79 Å². The van der Waals surface area contributed by atoms with Gasteiger partial charge in [0.25, 0.3) is 0 Å². The lowest BCUT2D eigenvalue weighted by molar-refractivity contribution is -0.120. The van der Waals surface area contributed by atoms with Crippen molar-refractivity contribution in [2.24, 2.45) is 5.92 Å². The number of piperidine rings is 1. The first-order valence-corrected chi connectivity index (χ1v) is 12.2. The van der Waals surface area contributed by atoms with Gasteiger partial charge in [-0.05, 0) is 50.1 Å². The Hall–Kier alpha value is -3.37. The predicted molar refractivity (Wildman–Crippen MR) is 123 cm³/mol. The van der Waals surface area contributed by atoms with Crippen LogP contribution in [0.15, 0.2) is 57.9 Å². The summed E-state index contributed by atoms with van der Waals surface area (Å²) in [6, 6.07) is 12.0. The van der Waals surface area contributed by atoms with E-state index in [4.69, 9.17) is 4.52 Å². The number of rotatable bonds is 6. The molecule has 178 valence electrons. The Morgan fingerprint density at radius 2 is 1.71 bits per heavy atom. The number of halogens is 2. The lowest BCUT2D eigenvalue weighted by Gasteiger charge is -2.30. The molecule has 1 aliphatic heterocycles. The van der Waals surface area contributed by atoms with E-state index in [0.717, 1.165) is 0 Å². The van der Waals surface area contributed by atoms with Gasteiger partial charge in [-0.15, -0.1) is 0 Å². The summed E-state index contributed by atoms with van der Waals surface area (Å²) in [4.78, 5) is 12.5. The van der Waals surface area contributed by atoms with Gasteiger partial charge >= 0.3 is 0 Å². The van der Waals surface area contributed by atoms with E-state index in [1.165, 1.54) is 47.6 Å². The highest BCUT2D eigenvalue weighted by Gasteiger charge is 2.36. The molecular weight excluding hydrogens is 464 g/mol. The van der Waals surface area contributed by atoms with Gasteiger partial charge in [-0.25, -0.2) is 17.2 Å². The number of nitrogens with zero attached hydrogens (tertiary/aromatic N) is 2. The van der Waals surface area contributed by atoms with Crippen LogP contribution in [0.25, 0.3) is 12.2 Å². The van der Waals surface area contributed by atoms with Gasteiger partial charge in [0, 0.05) is 24.6 Å². The second-order valence-corrected chi connectivity index (χ2v) is 9.84. The number of sulfonamides is 1. The predicted octanol–water partition coefficient (Wildman–Crippen LogP) is 4.47. The molecule has 1 aliphatic rings. The number of aromatic nitrogens is 1. The maximum absolute atomic E-state index is 13.9. The molecule has 1 amide bonds. The molecule has 0 unspecified atom stereocenters. The third-order valence-corrected chi connectivity index (χ3v) is 7.76. The zero-order valence-corrected chi connectivity index (χ0v) is 19.2. The number of nitrogens with one attached hydrogen (secondary N) is 1. The van der Waals surface area contributed by atoms with Crippen molar-refractivity contribution in [3.8, 4) is 0 Å². The summed E-state index contributed by atoms with van der Waals surface area (Å²) >= 11 is 0.